The van der Waals surface area contributed by atoms with Gasteiger partial charge < -0.3 is 4.74 Å². The quantitative estimate of drug-likeness (QED) is 0.527. The lowest BCUT2D eigenvalue weighted by molar-refractivity contribution is 0.414. The van der Waals surface area contributed by atoms with Gasteiger partial charge in [-0.1, -0.05) is 23.2 Å². The van der Waals surface area contributed by atoms with E-state index in [-0.39, 0.29) is 20.6 Å². The first-order valence-electron chi connectivity index (χ1n) is 7.42. The summed E-state index contributed by atoms with van der Waals surface area (Å²) in [5.41, 5.74) is 1.25. The van der Waals surface area contributed by atoms with Crippen LogP contribution in [0.15, 0.2) is 45.7 Å². The Morgan fingerprint density at radius 2 is 1.88 bits per heavy atom. The van der Waals surface area contributed by atoms with Crippen molar-refractivity contribution >= 4 is 39.1 Å². The topological polar surface area (TPSA) is 44.1 Å². The molecule has 3 aromatic rings. The molecule has 0 aliphatic rings. The first-order valence-corrected chi connectivity index (χ1v) is 8.97. The Bertz CT molecular complexity index is 1070. The van der Waals surface area contributed by atoms with Crippen LogP contribution in [-0.2, 0) is 0 Å². The average Bonchev–Trinajstić information content (AvgIpc) is 2.61. The van der Waals surface area contributed by atoms with Gasteiger partial charge in [-0.25, -0.2) is 9.07 Å². The minimum absolute atomic E-state index is 0.142. The molecule has 0 bridgehead atoms. The van der Waals surface area contributed by atoms with Crippen molar-refractivity contribution in [3.63, 3.8) is 0 Å². The summed E-state index contributed by atoms with van der Waals surface area (Å²) in [7, 11) is 1.53. The molecule has 8 heteroatoms. The summed E-state index contributed by atoms with van der Waals surface area (Å²) in [6, 6.07) is 8.97. The number of halogens is 4. The van der Waals surface area contributed by atoms with Gasteiger partial charge in [0.2, 0.25) is 5.43 Å². The third kappa shape index (κ3) is 3.37. The second-order valence-corrected chi connectivity index (χ2v) is 7.04. The monoisotopic (exact) mass is 456 g/mol. The molecule has 0 atom stereocenters. The van der Waals surface area contributed by atoms with E-state index in [1.807, 2.05) is 0 Å². The first-order chi connectivity index (χ1) is 12.3. The Hall–Kier alpha value is -1.89. The summed E-state index contributed by atoms with van der Waals surface area (Å²) >= 11 is 15.9. The van der Waals surface area contributed by atoms with Crippen molar-refractivity contribution in [1.82, 2.24) is 9.78 Å². The molecule has 0 N–H and O–H groups in total. The molecule has 0 aliphatic carbocycles. The van der Waals surface area contributed by atoms with Crippen molar-refractivity contribution in [3.8, 4) is 22.7 Å². The predicted molar refractivity (Wildman–Crippen MR) is 104 cm³/mol. The molecule has 1 aromatic heterocycles. The first kappa shape index (κ1) is 18.9. The Balaban J connectivity index is 2.42. The molecule has 0 saturated heterocycles. The molecular formula is C18H12BrCl2FN2O2. The number of nitrogens with zero attached hydrogens (tertiary/aromatic N) is 2. The maximum Gasteiger partial charge on any atom is 0.217 e. The highest BCUT2D eigenvalue weighted by molar-refractivity contribution is 9.10. The Morgan fingerprint density at radius 3 is 2.54 bits per heavy atom. The van der Waals surface area contributed by atoms with Crippen LogP contribution in [0.5, 0.6) is 5.75 Å². The van der Waals surface area contributed by atoms with Crippen molar-refractivity contribution < 1.29 is 9.13 Å². The lowest BCUT2D eigenvalue weighted by Crippen LogP contribution is -2.18. The van der Waals surface area contributed by atoms with E-state index in [4.69, 9.17) is 27.9 Å². The van der Waals surface area contributed by atoms with Crippen LogP contribution in [0, 0.1) is 12.7 Å². The van der Waals surface area contributed by atoms with E-state index in [2.05, 4.69) is 21.0 Å². The normalized spacial score (nSPS) is 10.8. The standard InChI is InChI=1S/C18H12BrCl2FN2O2/c1-9-18(25)16(19)17(12-5-3-10(22)7-14(12)21)24(23-9)15-8-11(26-2)4-6-13(15)20/h3-8H,1-2H3. The number of benzene rings is 2. The molecule has 0 spiro atoms. The molecule has 26 heavy (non-hydrogen) atoms. The number of hydrogen-bond donors (Lipinski definition) is 0. The molecule has 0 radical (unpaired) electrons. The van der Waals surface area contributed by atoms with Gasteiger partial charge in [0.05, 0.1) is 33.0 Å². The maximum atomic E-state index is 13.5. The highest BCUT2D eigenvalue weighted by atomic mass is 79.9. The summed E-state index contributed by atoms with van der Waals surface area (Å²) in [5, 5.41) is 4.90. The smallest absolute Gasteiger partial charge is 0.217 e. The highest BCUT2D eigenvalue weighted by Gasteiger charge is 2.20. The van der Waals surface area contributed by atoms with Gasteiger partial charge in [0.1, 0.15) is 17.3 Å². The van der Waals surface area contributed by atoms with E-state index < -0.39 is 5.82 Å². The van der Waals surface area contributed by atoms with Gasteiger partial charge in [-0.3, -0.25) is 4.79 Å². The van der Waals surface area contributed by atoms with Crippen molar-refractivity contribution in [2.24, 2.45) is 0 Å². The minimum Gasteiger partial charge on any atom is -0.497 e. The molecule has 4 nitrogen and oxygen atoms in total. The van der Waals surface area contributed by atoms with Crippen LogP contribution in [0.25, 0.3) is 16.9 Å². The zero-order valence-corrected chi connectivity index (χ0v) is 16.8. The molecule has 0 fully saturated rings. The van der Waals surface area contributed by atoms with E-state index in [1.54, 1.807) is 25.1 Å². The van der Waals surface area contributed by atoms with Gasteiger partial charge in [0.15, 0.2) is 0 Å². The Kier molecular flexibility index (Phi) is 5.37. The lowest BCUT2D eigenvalue weighted by Gasteiger charge is -2.18. The lowest BCUT2D eigenvalue weighted by atomic mass is 10.1. The fourth-order valence-corrected chi connectivity index (χ4v) is 3.60. The van der Waals surface area contributed by atoms with Crippen LogP contribution in [0.1, 0.15) is 5.69 Å². The van der Waals surface area contributed by atoms with Crippen LogP contribution < -0.4 is 10.2 Å². The summed E-state index contributed by atoms with van der Waals surface area (Å²) < 4.78 is 20.5. The van der Waals surface area contributed by atoms with Gasteiger partial charge in [-0.15, -0.1) is 0 Å². The number of hydrogen-bond acceptors (Lipinski definition) is 3. The minimum atomic E-state index is -0.483. The van der Waals surface area contributed by atoms with Crippen LogP contribution in [-0.4, -0.2) is 16.9 Å². The largest absolute Gasteiger partial charge is 0.497 e. The number of aryl methyl sites for hydroxylation is 1. The highest BCUT2D eigenvalue weighted by Crippen LogP contribution is 2.36. The Morgan fingerprint density at radius 1 is 1.15 bits per heavy atom. The van der Waals surface area contributed by atoms with E-state index >= 15 is 0 Å². The van der Waals surface area contributed by atoms with Crippen molar-refractivity contribution in [1.29, 1.82) is 0 Å². The summed E-state index contributed by atoms with van der Waals surface area (Å²) in [4.78, 5) is 12.4. The molecular weight excluding hydrogens is 446 g/mol. The maximum absolute atomic E-state index is 13.5. The van der Waals surface area contributed by atoms with Crippen LogP contribution in [0.2, 0.25) is 10.0 Å². The number of rotatable bonds is 3. The summed E-state index contributed by atoms with van der Waals surface area (Å²) in [5.74, 6) is 0.0816. The van der Waals surface area contributed by atoms with Crippen LogP contribution >= 0.6 is 39.1 Å². The van der Waals surface area contributed by atoms with E-state index in [0.29, 0.717) is 27.7 Å². The third-order valence-electron chi connectivity index (χ3n) is 3.77. The zero-order chi connectivity index (χ0) is 19.0. The van der Waals surface area contributed by atoms with Gasteiger partial charge in [-0.05, 0) is 53.2 Å². The molecule has 1 heterocycles. The third-order valence-corrected chi connectivity index (χ3v) is 5.13. The molecule has 0 unspecified atom stereocenters. The fourth-order valence-electron chi connectivity index (χ4n) is 2.47. The van der Waals surface area contributed by atoms with E-state index in [0.717, 1.165) is 0 Å². The van der Waals surface area contributed by atoms with Crippen molar-refractivity contribution in [2.45, 2.75) is 6.92 Å². The molecule has 0 aliphatic heterocycles. The number of aromatic nitrogens is 2. The second kappa shape index (κ2) is 7.39. The van der Waals surface area contributed by atoms with Gasteiger partial charge in [0.25, 0.3) is 0 Å². The number of ether oxygens (including phenoxy) is 1. The van der Waals surface area contributed by atoms with Gasteiger partial charge in [0, 0.05) is 11.6 Å². The van der Waals surface area contributed by atoms with Crippen LogP contribution in [0.4, 0.5) is 4.39 Å². The number of methoxy groups -OCH3 is 1. The van der Waals surface area contributed by atoms with Crippen LogP contribution in [0.3, 0.4) is 0 Å². The molecule has 2 aromatic carbocycles. The SMILES string of the molecule is COc1ccc(Cl)c(-n2nc(C)c(=O)c(Br)c2-c2ccc(F)cc2Cl)c1. The average molecular weight is 458 g/mol. The fraction of sp³-hybridized carbons (Fsp3) is 0.111. The molecule has 3 rings (SSSR count). The molecule has 0 amide bonds. The van der Waals surface area contributed by atoms with Gasteiger partial charge >= 0.3 is 0 Å². The second-order valence-electron chi connectivity index (χ2n) is 5.43. The van der Waals surface area contributed by atoms with Crippen molar-refractivity contribution in [2.75, 3.05) is 7.11 Å². The zero-order valence-electron chi connectivity index (χ0n) is 13.7. The molecule has 0 saturated carbocycles. The van der Waals surface area contributed by atoms with Gasteiger partial charge in [-0.2, -0.15) is 5.10 Å². The predicted octanol–water partition coefficient (Wildman–Crippen LogP) is 5.42. The summed E-state index contributed by atoms with van der Waals surface area (Å²) in [6.45, 7) is 1.59. The van der Waals surface area contributed by atoms with Crippen molar-refractivity contribution in [3.05, 3.63) is 72.7 Å². The van der Waals surface area contributed by atoms with E-state index in [1.165, 1.54) is 30.0 Å². The molecule has 134 valence electrons. The Labute approximate surface area is 167 Å². The van der Waals surface area contributed by atoms with E-state index in [9.17, 15) is 9.18 Å². The summed E-state index contributed by atoms with van der Waals surface area (Å²) in [6.07, 6.45) is 0.